The number of carbonyl (C=O) groups excluding carboxylic acids is 1. The van der Waals surface area contributed by atoms with Gasteiger partial charge >= 0.3 is 6.03 Å². The van der Waals surface area contributed by atoms with Gasteiger partial charge in [-0.05, 0) is 31.6 Å². The minimum Gasteiger partial charge on any atom is -0.327 e. The Hall–Kier alpha value is -0.730. The lowest BCUT2D eigenvalue weighted by Gasteiger charge is -2.31. The van der Waals surface area contributed by atoms with Crippen molar-refractivity contribution in [3.05, 3.63) is 0 Å². The first-order valence-corrected chi connectivity index (χ1v) is 7.77. The summed E-state index contributed by atoms with van der Waals surface area (Å²) in [4.78, 5) is 16.4. The summed E-state index contributed by atoms with van der Waals surface area (Å²) in [6, 6.07) is 0.266. The van der Waals surface area contributed by atoms with Crippen LogP contribution >= 0.6 is 0 Å². The highest BCUT2D eigenvalue weighted by molar-refractivity contribution is 5.74. The normalized spacial score (nSPS) is 22.6. The predicted octanol–water partition coefficient (Wildman–Crippen LogP) is 3.49. The molecule has 0 aromatic heterocycles. The lowest BCUT2D eigenvalue weighted by Crippen LogP contribution is -2.43. The monoisotopic (exact) mass is 252 g/mol. The SMILES string of the molecule is CN(CC1CCCCC1)C(=O)N1CCCCCC1. The fourth-order valence-corrected chi connectivity index (χ4v) is 3.34. The van der Waals surface area contributed by atoms with Crippen molar-refractivity contribution < 1.29 is 4.79 Å². The maximum Gasteiger partial charge on any atom is 0.319 e. The molecule has 2 fully saturated rings. The molecular formula is C15H28N2O. The summed E-state index contributed by atoms with van der Waals surface area (Å²) < 4.78 is 0. The van der Waals surface area contributed by atoms with Crippen LogP contribution in [0.2, 0.25) is 0 Å². The minimum absolute atomic E-state index is 0.266. The van der Waals surface area contributed by atoms with Crippen LogP contribution in [-0.4, -0.2) is 42.5 Å². The second-order valence-electron chi connectivity index (χ2n) is 6.07. The smallest absolute Gasteiger partial charge is 0.319 e. The van der Waals surface area contributed by atoms with E-state index in [-0.39, 0.29) is 6.03 Å². The maximum atomic E-state index is 12.4. The van der Waals surface area contributed by atoms with E-state index in [2.05, 4.69) is 4.90 Å². The molecule has 1 saturated heterocycles. The lowest BCUT2D eigenvalue weighted by molar-refractivity contribution is 0.152. The Morgan fingerprint density at radius 1 is 1.00 bits per heavy atom. The van der Waals surface area contributed by atoms with Crippen LogP contribution in [0.25, 0.3) is 0 Å². The van der Waals surface area contributed by atoms with Gasteiger partial charge in [0.15, 0.2) is 0 Å². The van der Waals surface area contributed by atoms with Gasteiger partial charge in [0.05, 0.1) is 0 Å². The van der Waals surface area contributed by atoms with Crippen LogP contribution in [0.1, 0.15) is 57.8 Å². The van der Waals surface area contributed by atoms with E-state index < -0.39 is 0 Å². The van der Waals surface area contributed by atoms with E-state index in [1.807, 2.05) is 11.9 Å². The molecule has 0 aromatic rings. The van der Waals surface area contributed by atoms with Gasteiger partial charge < -0.3 is 9.80 Å². The summed E-state index contributed by atoms with van der Waals surface area (Å²) in [5.41, 5.74) is 0. The molecule has 0 N–H and O–H groups in total. The van der Waals surface area contributed by atoms with Crippen LogP contribution in [-0.2, 0) is 0 Å². The van der Waals surface area contributed by atoms with E-state index >= 15 is 0 Å². The van der Waals surface area contributed by atoms with Crippen LogP contribution in [0.4, 0.5) is 4.79 Å². The first kappa shape index (κ1) is 13.7. The van der Waals surface area contributed by atoms with Gasteiger partial charge in [-0.3, -0.25) is 0 Å². The molecule has 18 heavy (non-hydrogen) atoms. The van der Waals surface area contributed by atoms with E-state index in [0.29, 0.717) is 0 Å². The van der Waals surface area contributed by atoms with Crippen LogP contribution < -0.4 is 0 Å². The predicted molar refractivity (Wildman–Crippen MR) is 74.6 cm³/mol. The van der Waals surface area contributed by atoms with Crippen molar-refractivity contribution in [1.82, 2.24) is 9.80 Å². The maximum absolute atomic E-state index is 12.4. The Kier molecular flexibility index (Phi) is 5.33. The van der Waals surface area contributed by atoms with Gasteiger partial charge in [0.1, 0.15) is 0 Å². The van der Waals surface area contributed by atoms with E-state index in [1.54, 1.807) is 0 Å². The van der Waals surface area contributed by atoms with Gasteiger partial charge in [-0.1, -0.05) is 32.1 Å². The number of hydrogen-bond acceptors (Lipinski definition) is 1. The number of nitrogens with zero attached hydrogens (tertiary/aromatic N) is 2. The molecule has 2 aliphatic rings. The Bertz CT molecular complexity index is 253. The van der Waals surface area contributed by atoms with E-state index in [9.17, 15) is 4.79 Å². The Labute approximate surface area is 112 Å². The molecule has 3 heteroatoms. The number of urea groups is 1. The van der Waals surface area contributed by atoms with Crippen molar-refractivity contribution in [2.75, 3.05) is 26.7 Å². The first-order chi connectivity index (χ1) is 8.77. The van der Waals surface area contributed by atoms with E-state index in [0.717, 1.165) is 25.6 Å². The quantitative estimate of drug-likeness (QED) is 0.738. The molecule has 0 unspecified atom stereocenters. The molecule has 2 rings (SSSR count). The zero-order chi connectivity index (χ0) is 12.8. The molecule has 3 nitrogen and oxygen atoms in total. The number of hydrogen-bond donors (Lipinski definition) is 0. The van der Waals surface area contributed by atoms with E-state index in [4.69, 9.17) is 0 Å². The van der Waals surface area contributed by atoms with Crippen molar-refractivity contribution in [3.8, 4) is 0 Å². The van der Waals surface area contributed by atoms with Crippen molar-refractivity contribution >= 4 is 6.03 Å². The van der Waals surface area contributed by atoms with Crippen molar-refractivity contribution in [2.45, 2.75) is 57.8 Å². The summed E-state index contributed by atoms with van der Waals surface area (Å²) in [5, 5.41) is 0. The molecule has 0 radical (unpaired) electrons. The van der Waals surface area contributed by atoms with Gasteiger partial charge in [-0.2, -0.15) is 0 Å². The average Bonchev–Trinajstić information content (AvgIpc) is 2.68. The summed E-state index contributed by atoms with van der Waals surface area (Å²) in [6.45, 7) is 2.90. The van der Waals surface area contributed by atoms with Gasteiger partial charge in [0, 0.05) is 26.7 Å². The molecule has 1 saturated carbocycles. The second kappa shape index (κ2) is 7.01. The van der Waals surface area contributed by atoms with Crippen molar-refractivity contribution in [3.63, 3.8) is 0 Å². The Balaban J connectivity index is 1.79. The van der Waals surface area contributed by atoms with Gasteiger partial charge in [0.25, 0.3) is 0 Å². The van der Waals surface area contributed by atoms with Gasteiger partial charge in [-0.25, -0.2) is 4.79 Å². The molecule has 1 aliphatic heterocycles. The fraction of sp³-hybridized carbons (Fsp3) is 0.933. The summed E-state index contributed by atoms with van der Waals surface area (Å²) in [5.74, 6) is 0.750. The average molecular weight is 252 g/mol. The highest BCUT2D eigenvalue weighted by Gasteiger charge is 2.22. The third-order valence-electron chi connectivity index (χ3n) is 4.46. The van der Waals surface area contributed by atoms with Crippen LogP contribution in [0.15, 0.2) is 0 Å². The molecule has 0 spiro atoms. The topological polar surface area (TPSA) is 23.6 Å². The van der Waals surface area contributed by atoms with Gasteiger partial charge in [0.2, 0.25) is 0 Å². The van der Waals surface area contributed by atoms with Gasteiger partial charge in [-0.15, -0.1) is 0 Å². The molecule has 2 amide bonds. The van der Waals surface area contributed by atoms with Crippen molar-refractivity contribution in [1.29, 1.82) is 0 Å². The fourth-order valence-electron chi connectivity index (χ4n) is 3.34. The Morgan fingerprint density at radius 2 is 1.56 bits per heavy atom. The zero-order valence-corrected chi connectivity index (χ0v) is 11.9. The lowest BCUT2D eigenvalue weighted by atomic mass is 9.89. The molecule has 1 aliphatic carbocycles. The van der Waals surface area contributed by atoms with Crippen LogP contribution in [0.5, 0.6) is 0 Å². The highest BCUT2D eigenvalue weighted by Crippen LogP contribution is 2.24. The summed E-state index contributed by atoms with van der Waals surface area (Å²) in [7, 11) is 1.99. The number of rotatable bonds is 2. The minimum atomic E-state index is 0.266. The third kappa shape index (κ3) is 3.89. The van der Waals surface area contributed by atoms with E-state index in [1.165, 1.54) is 57.8 Å². The molecule has 0 aromatic carbocycles. The third-order valence-corrected chi connectivity index (χ3v) is 4.46. The van der Waals surface area contributed by atoms with Crippen LogP contribution in [0.3, 0.4) is 0 Å². The molecular weight excluding hydrogens is 224 g/mol. The highest BCUT2D eigenvalue weighted by atomic mass is 16.2. The zero-order valence-electron chi connectivity index (χ0n) is 11.9. The number of amides is 2. The molecule has 0 atom stereocenters. The van der Waals surface area contributed by atoms with Crippen molar-refractivity contribution in [2.24, 2.45) is 5.92 Å². The Morgan fingerprint density at radius 3 is 2.17 bits per heavy atom. The number of likely N-dealkylation sites (tertiary alicyclic amines) is 1. The second-order valence-corrected chi connectivity index (χ2v) is 6.07. The standard InChI is InChI=1S/C15H28N2O/c1-16(13-14-9-5-4-6-10-14)15(18)17-11-7-2-3-8-12-17/h14H,2-13H2,1H3. The largest absolute Gasteiger partial charge is 0.327 e. The molecule has 104 valence electrons. The molecule has 0 bridgehead atoms. The summed E-state index contributed by atoms with van der Waals surface area (Å²) in [6.07, 6.45) is 11.7. The summed E-state index contributed by atoms with van der Waals surface area (Å²) >= 11 is 0. The number of carbonyl (C=O) groups is 1. The molecule has 1 heterocycles. The van der Waals surface area contributed by atoms with Crippen LogP contribution in [0, 0.1) is 5.92 Å². The first-order valence-electron chi connectivity index (χ1n) is 7.77.